The average Bonchev–Trinajstić information content (AvgIpc) is 3.81. The molecule has 2 N–H and O–H groups in total. The summed E-state index contributed by atoms with van der Waals surface area (Å²) >= 11 is 0. The fraction of sp³-hybridized carbons (Fsp3) is 0.882. The van der Waals surface area contributed by atoms with Crippen LogP contribution in [0.25, 0.3) is 0 Å². The normalized spacial score (nSPS) is 22.5. The van der Waals surface area contributed by atoms with Crippen molar-refractivity contribution in [3.05, 3.63) is 0 Å². The first-order valence-corrected chi connectivity index (χ1v) is 17.4. The Morgan fingerprint density at radius 1 is 0.800 bits per heavy atom. The molecule has 4 aliphatic heterocycles. The van der Waals surface area contributed by atoms with Gasteiger partial charge in [-0.3, -0.25) is 24.1 Å². The van der Waals surface area contributed by atoms with Crippen molar-refractivity contribution in [2.24, 2.45) is 11.8 Å². The molecule has 45 heavy (non-hydrogen) atoms. The second-order valence-corrected chi connectivity index (χ2v) is 13.8. The highest BCUT2D eigenvalue weighted by molar-refractivity contribution is 5.90. The highest BCUT2D eigenvalue weighted by Crippen LogP contribution is 2.28. The van der Waals surface area contributed by atoms with Gasteiger partial charge in [-0.1, -0.05) is 41.0 Å². The second kappa shape index (κ2) is 22.3. The summed E-state index contributed by atoms with van der Waals surface area (Å²) < 4.78 is 0. The smallest absolute Gasteiger partial charge is 0.245 e. The third-order valence-electron chi connectivity index (χ3n) is 8.89. The van der Waals surface area contributed by atoms with Crippen LogP contribution in [-0.2, 0) is 19.2 Å². The van der Waals surface area contributed by atoms with Crippen LogP contribution in [0.2, 0.25) is 0 Å². The van der Waals surface area contributed by atoms with Gasteiger partial charge in [-0.15, -0.1) is 0 Å². The predicted octanol–water partition coefficient (Wildman–Crippen LogP) is 2.67. The first kappa shape index (κ1) is 40.8. The Kier molecular flexibility index (Phi) is 20.2. The molecular weight excluding hydrogens is 572 g/mol. The lowest BCUT2D eigenvalue weighted by molar-refractivity contribution is -0.146. The molecular formula is C34H66N6O5. The van der Waals surface area contributed by atoms with Gasteiger partial charge in [0.25, 0.3) is 0 Å². The van der Waals surface area contributed by atoms with Gasteiger partial charge in [-0.25, -0.2) is 0 Å². The summed E-state index contributed by atoms with van der Waals surface area (Å²) in [6, 6.07) is -0.618. The van der Waals surface area contributed by atoms with Crippen molar-refractivity contribution in [1.29, 1.82) is 0 Å². The van der Waals surface area contributed by atoms with E-state index in [9.17, 15) is 19.2 Å². The third kappa shape index (κ3) is 14.0. The number of hydrogen-bond donors (Lipinski definition) is 2. The number of carbonyl (C=O) groups is 4. The lowest BCUT2D eigenvalue weighted by Gasteiger charge is -2.37. The molecule has 11 nitrogen and oxygen atoms in total. The van der Waals surface area contributed by atoms with E-state index in [-0.39, 0.29) is 48.3 Å². The minimum Gasteiger partial charge on any atom is -0.400 e. The zero-order valence-electron chi connectivity index (χ0n) is 29.8. The summed E-state index contributed by atoms with van der Waals surface area (Å²) in [5.74, 6) is 1.07. The number of likely N-dealkylation sites (tertiary alicyclic amines) is 4. The molecule has 11 heteroatoms. The maximum Gasteiger partial charge on any atom is 0.245 e. The average molecular weight is 639 g/mol. The van der Waals surface area contributed by atoms with E-state index < -0.39 is 0 Å². The minimum absolute atomic E-state index is 0.0281. The molecule has 3 atom stereocenters. The van der Waals surface area contributed by atoms with Crippen LogP contribution >= 0.6 is 0 Å². The van der Waals surface area contributed by atoms with Crippen molar-refractivity contribution in [1.82, 2.24) is 29.8 Å². The number of rotatable bonds is 9. The highest BCUT2D eigenvalue weighted by atomic mass is 16.2. The first-order chi connectivity index (χ1) is 21.5. The molecule has 4 rings (SSSR count). The zero-order chi connectivity index (χ0) is 33.9. The van der Waals surface area contributed by atoms with E-state index in [4.69, 9.17) is 5.11 Å². The Morgan fingerprint density at radius 2 is 1.33 bits per heavy atom. The van der Waals surface area contributed by atoms with Gasteiger partial charge < -0.3 is 30.0 Å². The Balaban J connectivity index is 0.000000652. The van der Waals surface area contributed by atoms with E-state index in [2.05, 4.69) is 56.8 Å². The Labute approximate surface area is 274 Å². The van der Waals surface area contributed by atoms with Gasteiger partial charge in [0.15, 0.2) is 0 Å². The van der Waals surface area contributed by atoms with Crippen LogP contribution in [0.1, 0.15) is 92.4 Å². The van der Waals surface area contributed by atoms with Gasteiger partial charge in [0.2, 0.25) is 24.1 Å². The molecule has 0 saturated carbocycles. The van der Waals surface area contributed by atoms with Gasteiger partial charge in [-0.05, 0) is 89.9 Å². The Bertz CT molecular complexity index is 857. The van der Waals surface area contributed by atoms with E-state index in [1.807, 2.05) is 9.80 Å². The van der Waals surface area contributed by atoms with Crippen molar-refractivity contribution < 1.29 is 24.3 Å². The zero-order valence-corrected chi connectivity index (χ0v) is 29.8. The highest BCUT2D eigenvalue weighted by Gasteiger charge is 2.43. The Morgan fingerprint density at radius 3 is 1.84 bits per heavy atom. The molecule has 0 aromatic heterocycles. The van der Waals surface area contributed by atoms with Crippen molar-refractivity contribution in [2.45, 2.75) is 111 Å². The van der Waals surface area contributed by atoms with E-state index in [1.54, 1.807) is 11.9 Å². The topological polar surface area (TPSA) is 117 Å². The molecule has 0 bridgehead atoms. The van der Waals surface area contributed by atoms with Gasteiger partial charge >= 0.3 is 0 Å². The van der Waals surface area contributed by atoms with E-state index in [0.29, 0.717) is 19.5 Å². The van der Waals surface area contributed by atoms with Gasteiger partial charge in [-0.2, -0.15) is 0 Å². The molecule has 4 aliphatic rings. The number of piperidine rings is 1. The van der Waals surface area contributed by atoms with Crippen LogP contribution in [0.15, 0.2) is 0 Å². The summed E-state index contributed by atoms with van der Waals surface area (Å²) in [5, 5.41) is 9.44. The maximum absolute atomic E-state index is 13.6. The standard InChI is InChI=1S/C23H39N5O4.C6H13N.C4H10.CH4O/c1-17(2)20(25(3)21(30)14-24-16-29)15-27-12-6-8-18(27)23(32)28-13-7-9-19(28)22(31)26-10-4-5-11-26;1-7-5-3-2-4-6-7;1-4(2)3;1-2/h16-20H,4-15H2,1-3H3,(H,24,29);2-6H2,1H3;4H,1-3H3;2H,1H3/t18-,19?,20+;;;/m0.../s1. The lowest BCUT2D eigenvalue weighted by atomic mass is 10.0. The number of hydrogen-bond acceptors (Lipinski definition) is 7. The Hall–Kier alpha value is -2.24. The monoisotopic (exact) mass is 639 g/mol. The molecule has 0 aromatic rings. The van der Waals surface area contributed by atoms with E-state index >= 15 is 0 Å². The molecule has 0 aliphatic carbocycles. The summed E-state index contributed by atoms with van der Waals surface area (Å²) in [6.45, 7) is 16.9. The predicted molar refractivity (Wildman–Crippen MR) is 181 cm³/mol. The van der Waals surface area contributed by atoms with Crippen LogP contribution in [0.5, 0.6) is 0 Å². The number of likely N-dealkylation sites (N-methyl/N-ethyl adjacent to an activating group) is 1. The second-order valence-electron chi connectivity index (χ2n) is 13.8. The molecule has 4 fully saturated rings. The summed E-state index contributed by atoms with van der Waals surface area (Å²) in [5.41, 5.74) is 0. The molecule has 0 spiro atoms. The van der Waals surface area contributed by atoms with Crippen LogP contribution in [0, 0.1) is 11.8 Å². The summed E-state index contributed by atoms with van der Waals surface area (Å²) in [7, 11) is 4.96. The van der Waals surface area contributed by atoms with Crippen LogP contribution in [0.3, 0.4) is 0 Å². The van der Waals surface area contributed by atoms with Crippen molar-refractivity contribution in [2.75, 3.05) is 73.6 Å². The molecule has 0 aromatic carbocycles. The molecule has 1 unspecified atom stereocenters. The van der Waals surface area contributed by atoms with Crippen LogP contribution in [-0.4, -0.2) is 145 Å². The van der Waals surface area contributed by atoms with Gasteiger partial charge in [0, 0.05) is 46.4 Å². The number of aliphatic hydroxyl groups is 1. The number of amides is 4. The molecule has 4 heterocycles. The fourth-order valence-electron chi connectivity index (χ4n) is 6.46. The molecule has 262 valence electrons. The minimum atomic E-state index is -0.317. The van der Waals surface area contributed by atoms with Gasteiger partial charge in [0.1, 0.15) is 6.04 Å². The van der Waals surface area contributed by atoms with Crippen LogP contribution in [0.4, 0.5) is 0 Å². The van der Waals surface area contributed by atoms with Gasteiger partial charge in [0.05, 0.1) is 12.6 Å². The lowest BCUT2D eigenvalue weighted by Crippen LogP contribution is -2.55. The largest absolute Gasteiger partial charge is 0.400 e. The van der Waals surface area contributed by atoms with Crippen molar-refractivity contribution in [3.8, 4) is 0 Å². The first-order valence-electron chi connectivity index (χ1n) is 17.4. The van der Waals surface area contributed by atoms with Crippen LogP contribution < -0.4 is 5.32 Å². The number of nitrogens with zero attached hydrogens (tertiary/aromatic N) is 5. The van der Waals surface area contributed by atoms with E-state index in [1.165, 1.54) is 32.4 Å². The molecule has 4 amide bonds. The van der Waals surface area contributed by atoms with Crippen molar-refractivity contribution >= 4 is 24.1 Å². The third-order valence-corrected chi connectivity index (χ3v) is 8.89. The number of nitrogens with one attached hydrogen (secondary N) is 1. The number of aliphatic hydroxyl groups excluding tert-OH is 1. The van der Waals surface area contributed by atoms with E-state index in [0.717, 1.165) is 71.2 Å². The number of carbonyl (C=O) groups excluding carboxylic acids is 4. The SMILES string of the molecule is CC(C)C.CC(C)[C@@H](CN1CCC[C@H]1C(=O)N1CCCC1C(=O)N1CCCC1)N(C)C(=O)CNC=O.CN1CCCCC1.CO. The fourth-order valence-corrected chi connectivity index (χ4v) is 6.46. The molecule has 0 radical (unpaired) electrons. The molecule has 4 saturated heterocycles. The summed E-state index contributed by atoms with van der Waals surface area (Å²) in [6.07, 6.45) is 10.3. The summed E-state index contributed by atoms with van der Waals surface area (Å²) in [4.78, 5) is 59.6. The quantitative estimate of drug-likeness (QED) is 0.373. The maximum atomic E-state index is 13.6. The van der Waals surface area contributed by atoms with Crippen molar-refractivity contribution in [3.63, 3.8) is 0 Å².